The molecular formula is C14H19N5O2. The molecule has 0 spiro atoms. The van der Waals surface area contributed by atoms with Gasteiger partial charge < -0.3 is 10.1 Å². The smallest absolute Gasteiger partial charge is 0.246 e. The molecule has 2 aromatic heterocycles. The van der Waals surface area contributed by atoms with E-state index in [1.54, 1.807) is 29.3 Å². The van der Waals surface area contributed by atoms with Gasteiger partial charge in [-0.05, 0) is 25.3 Å². The van der Waals surface area contributed by atoms with Gasteiger partial charge in [0.05, 0.1) is 24.5 Å². The van der Waals surface area contributed by atoms with Gasteiger partial charge in [-0.25, -0.2) is 0 Å². The number of hydrogen-bond acceptors (Lipinski definition) is 4. The molecule has 1 aliphatic heterocycles. The Kier molecular flexibility index (Phi) is 4.30. The molecule has 3 heterocycles. The summed E-state index contributed by atoms with van der Waals surface area (Å²) in [5.41, 5.74) is 0.697. The van der Waals surface area contributed by atoms with E-state index in [1.807, 2.05) is 10.9 Å². The molecule has 1 fully saturated rings. The molecule has 0 saturated carbocycles. The quantitative estimate of drug-likeness (QED) is 0.900. The Morgan fingerprint density at radius 3 is 3.10 bits per heavy atom. The van der Waals surface area contributed by atoms with Crippen molar-refractivity contribution in [2.45, 2.75) is 38.5 Å². The number of amides is 1. The summed E-state index contributed by atoms with van der Waals surface area (Å²) in [6, 6.07) is 1.79. The summed E-state index contributed by atoms with van der Waals surface area (Å²) in [6.07, 6.45) is 10.5. The summed E-state index contributed by atoms with van der Waals surface area (Å²) in [4.78, 5) is 11.8. The van der Waals surface area contributed by atoms with Crippen LogP contribution in [0, 0.1) is 0 Å². The fraction of sp³-hybridized carbons (Fsp3) is 0.500. The molecule has 1 N–H and O–H groups in total. The SMILES string of the molecule is O=C(Cn1cccn1)Nc1cnn(C[C@H]2CCCCO2)c1. The first-order valence-corrected chi connectivity index (χ1v) is 7.21. The van der Waals surface area contributed by atoms with Crippen LogP contribution in [0.2, 0.25) is 0 Å². The van der Waals surface area contributed by atoms with Crippen molar-refractivity contribution in [2.24, 2.45) is 0 Å². The van der Waals surface area contributed by atoms with Gasteiger partial charge in [0.1, 0.15) is 6.54 Å². The second kappa shape index (κ2) is 6.53. The zero-order chi connectivity index (χ0) is 14.5. The van der Waals surface area contributed by atoms with E-state index < -0.39 is 0 Å². The molecule has 7 heteroatoms. The standard InChI is InChI=1S/C14H19N5O2/c20-14(11-18-6-3-5-15-18)17-12-8-16-19(9-12)10-13-4-1-2-7-21-13/h3,5-6,8-9,13H,1-2,4,7,10-11H2,(H,17,20)/t13-/m1/s1. The van der Waals surface area contributed by atoms with E-state index in [0.717, 1.165) is 26.0 Å². The van der Waals surface area contributed by atoms with E-state index in [4.69, 9.17) is 4.74 Å². The van der Waals surface area contributed by atoms with Crippen molar-refractivity contribution < 1.29 is 9.53 Å². The summed E-state index contributed by atoms with van der Waals surface area (Å²) in [5, 5.41) is 11.1. The Morgan fingerprint density at radius 2 is 2.33 bits per heavy atom. The van der Waals surface area contributed by atoms with E-state index in [1.165, 1.54) is 6.42 Å². The predicted molar refractivity (Wildman–Crippen MR) is 76.7 cm³/mol. The van der Waals surface area contributed by atoms with Crippen molar-refractivity contribution >= 4 is 11.6 Å². The van der Waals surface area contributed by atoms with Crippen LogP contribution in [0.3, 0.4) is 0 Å². The topological polar surface area (TPSA) is 74.0 Å². The van der Waals surface area contributed by atoms with Crippen molar-refractivity contribution in [3.05, 3.63) is 30.9 Å². The van der Waals surface area contributed by atoms with Crippen LogP contribution < -0.4 is 5.32 Å². The zero-order valence-electron chi connectivity index (χ0n) is 11.8. The first-order valence-electron chi connectivity index (χ1n) is 7.21. The minimum absolute atomic E-state index is 0.118. The molecule has 2 aromatic rings. The molecule has 1 atom stereocenters. The largest absolute Gasteiger partial charge is 0.376 e. The molecule has 0 radical (unpaired) electrons. The van der Waals surface area contributed by atoms with Gasteiger partial charge in [-0.15, -0.1) is 0 Å². The molecule has 1 aliphatic rings. The van der Waals surface area contributed by atoms with E-state index in [9.17, 15) is 4.79 Å². The Balaban J connectivity index is 1.51. The van der Waals surface area contributed by atoms with Gasteiger partial charge in [-0.2, -0.15) is 10.2 Å². The number of ether oxygens (including phenoxy) is 1. The van der Waals surface area contributed by atoms with Crippen LogP contribution in [0.5, 0.6) is 0 Å². The monoisotopic (exact) mass is 289 g/mol. The van der Waals surface area contributed by atoms with Crippen molar-refractivity contribution in [3.63, 3.8) is 0 Å². The highest BCUT2D eigenvalue weighted by Crippen LogP contribution is 2.15. The van der Waals surface area contributed by atoms with E-state index in [-0.39, 0.29) is 18.6 Å². The number of aromatic nitrogens is 4. The Morgan fingerprint density at radius 1 is 1.38 bits per heavy atom. The predicted octanol–water partition coefficient (Wildman–Crippen LogP) is 1.29. The summed E-state index contributed by atoms with van der Waals surface area (Å²) in [6.45, 7) is 1.76. The number of nitrogens with zero attached hydrogens (tertiary/aromatic N) is 4. The molecule has 1 amide bonds. The highest BCUT2D eigenvalue weighted by atomic mass is 16.5. The van der Waals surface area contributed by atoms with Crippen LogP contribution in [-0.2, 0) is 22.6 Å². The average molecular weight is 289 g/mol. The number of anilines is 1. The highest BCUT2D eigenvalue weighted by molar-refractivity contribution is 5.90. The number of carbonyl (C=O) groups is 1. The second-order valence-electron chi connectivity index (χ2n) is 5.19. The third kappa shape index (κ3) is 3.91. The third-order valence-electron chi connectivity index (χ3n) is 3.45. The van der Waals surface area contributed by atoms with Gasteiger partial charge in [0, 0.05) is 25.2 Å². The Hall–Kier alpha value is -2.15. The Bertz CT molecular complexity index is 572. The van der Waals surface area contributed by atoms with Gasteiger partial charge in [0.15, 0.2) is 0 Å². The lowest BCUT2D eigenvalue weighted by molar-refractivity contribution is -0.116. The van der Waals surface area contributed by atoms with E-state index in [2.05, 4.69) is 15.5 Å². The van der Waals surface area contributed by atoms with Gasteiger partial charge >= 0.3 is 0 Å². The number of rotatable bonds is 5. The van der Waals surface area contributed by atoms with Gasteiger partial charge in [0.2, 0.25) is 5.91 Å². The number of carbonyl (C=O) groups excluding carboxylic acids is 1. The highest BCUT2D eigenvalue weighted by Gasteiger charge is 2.15. The van der Waals surface area contributed by atoms with Crippen LogP contribution in [0.1, 0.15) is 19.3 Å². The van der Waals surface area contributed by atoms with Gasteiger partial charge in [0.25, 0.3) is 0 Å². The van der Waals surface area contributed by atoms with Crippen molar-refractivity contribution in [1.82, 2.24) is 19.6 Å². The molecule has 21 heavy (non-hydrogen) atoms. The van der Waals surface area contributed by atoms with Crippen LogP contribution in [-0.4, -0.2) is 38.2 Å². The third-order valence-corrected chi connectivity index (χ3v) is 3.45. The maximum atomic E-state index is 11.8. The normalized spacial score (nSPS) is 18.6. The van der Waals surface area contributed by atoms with Crippen LogP contribution in [0.15, 0.2) is 30.9 Å². The summed E-state index contributed by atoms with van der Waals surface area (Å²) in [7, 11) is 0. The maximum absolute atomic E-state index is 11.8. The summed E-state index contributed by atoms with van der Waals surface area (Å²) >= 11 is 0. The fourth-order valence-electron chi connectivity index (χ4n) is 2.43. The minimum Gasteiger partial charge on any atom is -0.376 e. The maximum Gasteiger partial charge on any atom is 0.246 e. The van der Waals surface area contributed by atoms with Crippen LogP contribution in [0.4, 0.5) is 5.69 Å². The van der Waals surface area contributed by atoms with E-state index in [0.29, 0.717) is 5.69 Å². The summed E-state index contributed by atoms with van der Waals surface area (Å²) in [5.74, 6) is -0.118. The lowest BCUT2D eigenvalue weighted by Gasteiger charge is -2.22. The zero-order valence-corrected chi connectivity index (χ0v) is 11.8. The van der Waals surface area contributed by atoms with Crippen molar-refractivity contribution in [3.8, 4) is 0 Å². The molecular weight excluding hydrogens is 270 g/mol. The molecule has 0 unspecified atom stereocenters. The first-order chi connectivity index (χ1) is 10.3. The molecule has 112 valence electrons. The number of nitrogens with one attached hydrogen (secondary N) is 1. The van der Waals surface area contributed by atoms with Crippen molar-refractivity contribution in [1.29, 1.82) is 0 Å². The Labute approximate surface area is 122 Å². The molecule has 0 aromatic carbocycles. The fourth-order valence-corrected chi connectivity index (χ4v) is 2.43. The molecule has 3 rings (SSSR count). The van der Waals surface area contributed by atoms with Gasteiger partial charge in [-0.1, -0.05) is 0 Å². The molecule has 0 aliphatic carbocycles. The summed E-state index contributed by atoms with van der Waals surface area (Å²) < 4.78 is 9.08. The second-order valence-corrected chi connectivity index (χ2v) is 5.19. The average Bonchev–Trinajstić information content (AvgIpc) is 3.12. The van der Waals surface area contributed by atoms with Gasteiger partial charge in [-0.3, -0.25) is 14.2 Å². The molecule has 1 saturated heterocycles. The number of hydrogen-bond donors (Lipinski definition) is 1. The first kappa shape index (κ1) is 13.8. The molecule has 0 bridgehead atoms. The van der Waals surface area contributed by atoms with Crippen molar-refractivity contribution in [2.75, 3.05) is 11.9 Å². The molecule has 7 nitrogen and oxygen atoms in total. The lowest BCUT2D eigenvalue weighted by Crippen LogP contribution is -2.24. The van der Waals surface area contributed by atoms with Crippen LogP contribution in [0.25, 0.3) is 0 Å². The minimum atomic E-state index is -0.118. The van der Waals surface area contributed by atoms with E-state index >= 15 is 0 Å². The lowest BCUT2D eigenvalue weighted by atomic mass is 10.1. The van der Waals surface area contributed by atoms with Crippen LogP contribution >= 0.6 is 0 Å².